The Kier molecular flexibility index (Phi) is 13.2. The molecular formula is C32H38Cl3N3O5S. The Morgan fingerprint density at radius 2 is 1.68 bits per heavy atom. The predicted molar refractivity (Wildman–Crippen MR) is 178 cm³/mol. The summed E-state index contributed by atoms with van der Waals surface area (Å²) in [5.74, 6) is -0.194. The first-order valence-electron chi connectivity index (χ1n) is 14.2. The Morgan fingerprint density at radius 3 is 2.27 bits per heavy atom. The molecule has 0 aliphatic heterocycles. The number of benzene rings is 3. The molecule has 44 heavy (non-hydrogen) atoms. The first-order chi connectivity index (χ1) is 20.8. The quantitative estimate of drug-likeness (QED) is 0.191. The molecule has 3 aromatic rings. The average Bonchev–Trinajstić information content (AvgIpc) is 2.97. The van der Waals surface area contributed by atoms with Crippen molar-refractivity contribution in [2.75, 3.05) is 24.2 Å². The number of rotatable bonds is 15. The van der Waals surface area contributed by atoms with Gasteiger partial charge < -0.3 is 15.0 Å². The lowest BCUT2D eigenvalue weighted by Gasteiger charge is -2.33. The van der Waals surface area contributed by atoms with Gasteiger partial charge in [0.25, 0.3) is 0 Å². The fraction of sp³-hybridized carbons (Fsp3) is 0.375. The van der Waals surface area contributed by atoms with E-state index in [2.05, 4.69) is 5.32 Å². The Hall–Kier alpha value is -2.98. The number of ether oxygens (including phenoxy) is 1. The number of carbonyl (C=O) groups is 2. The summed E-state index contributed by atoms with van der Waals surface area (Å²) in [6, 6.07) is 18.2. The molecule has 2 atom stereocenters. The van der Waals surface area contributed by atoms with Crippen molar-refractivity contribution >= 4 is 62.3 Å². The maximum atomic E-state index is 14.0. The monoisotopic (exact) mass is 681 g/mol. The van der Waals surface area contributed by atoms with Gasteiger partial charge in [-0.05, 0) is 61.2 Å². The van der Waals surface area contributed by atoms with Gasteiger partial charge >= 0.3 is 0 Å². The van der Waals surface area contributed by atoms with Gasteiger partial charge in [-0.25, -0.2) is 8.42 Å². The van der Waals surface area contributed by atoms with E-state index < -0.39 is 16.1 Å². The molecular weight excluding hydrogens is 645 g/mol. The summed E-state index contributed by atoms with van der Waals surface area (Å²) < 4.78 is 31.8. The highest BCUT2D eigenvalue weighted by Crippen LogP contribution is 2.31. The third-order valence-corrected chi connectivity index (χ3v) is 9.28. The van der Waals surface area contributed by atoms with E-state index in [-0.39, 0.29) is 55.2 Å². The number of nitrogens with one attached hydrogen (secondary N) is 1. The van der Waals surface area contributed by atoms with Crippen LogP contribution in [0.4, 0.5) is 5.69 Å². The fourth-order valence-corrected chi connectivity index (χ4v) is 6.32. The zero-order chi connectivity index (χ0) is 32.4. The summed E-state index contributed by atoms with van der Waals surface area (Å²) in [4.78, 5) is 29.2. The maximum absolute atomic E-state index is 14.0. The van der Waals surface area contributed by atoms with E-state index in [0.29, 0.717) is 27.0 Å². The Labute approximate surface area is 275 Å². The predicted octanol–water partition coefficient (Wildman–Crippen LogP) is 6.76. The molecule has 0 saturated heterocycles. The number of sulfonamides is 1. The summed E-state index contributed by atoms with van der Waals surface area (Å²) >= 11 is 18.9. The third kappa shape index (κ3) is 10.0. The normalized spacial score (nSPS) is 12.7. The van der Waals surface area contributed by atoms with E-state index in [1.807, 2.05) is 44.2 Å². The largest absolute Gasteiger partial charge is 0.495 e. The fourth-order valence-electron chi connectivity index (χ4n) is 4.64. The highest BCUT2D eigenvalue weighted by molar-refractivity contribution is 7.92. The van der Waals surface area contributed by atoms with Gasteiger partial charge in [-0.1, -0.05) is 78.1 Å². The van der Waals surface area contributed by atoms with Crippen LogP contribution in [0, 0.1) is 0 Å². The molecule has 0 aliphatic carbocycles. The molecule has 0 saturated carbocycles. The summed E-state index contributed by atoms with van der Waals surface area (Å²) in [5, 5.41) is 4.11. The zero-order valence-corrected chi connectivity index (χ0v) is 28.3. The van der Waals surface area contributed by atoms with Crippen molar-refractivity contribution in [3.63, 3.8) is 0 Å². The third-order valence-electron chi connectivity index (χ3n) is 7.20. The van der Waals surface area contributed by atoms with Gasteiger partial charge in [-0.2, -0.15) is 0 Å². The van der Waals surface area contributed by atoms with Crippen LogP contribution in [0.5, 0.6) is 5.75 Å². The number of carbonyl (C=O) groups excluding carboxylic acids is 2. The number of amides is 2. The summed E-state index contributed by atoms with van der Waals surface area (Å²) in [7, 11) is -2.23. The number of hydrogen-bond donors (Lipinski definition) is 1. The molecule has 0 bridgehead atoms. The van der Waals surface area contributed by atoms with Gasteiger partial charge in [-0.3, -0.25) is 13.9 Å². The number of anilines is 1. The Balaban J connectivity index is 1.92. The Bertz CT molecular complexity index is 1540. The topological polar surface area (TPSA) is 96.0 Å². The van der Waals surface area contributed by atoms with E-state index in [1.54, 1.807) is 30.3 Å². The molecule has 238 valence electrons. The highest BCUT2D eigenvalue weighted by Gasteiger charge is 2.31. The first-order valence-corrected chi connectivity index (χ1v) is 17.2. The van der Waals surface area contributed by atoms with Crippen molar-refractivity contribution in [1.29, 1.82) is 0 Å². The average molecular weight is 683 g/mol. The summed E-state index contributed by atoms with van der Waals surface area (Å²) in [6.45, 7) is 3.96. The van der Waals surface area contributed by atoms with E-state index >= 15 is 0 Å². The second-order valence-corrected chi connectivity index (χ2v) is 13.7. The van der Waals surface area contributed by atoms with Crippen LogP contribution in [0.1, 0.15) is 44.2 Å². The van der Waals surface area contributed by atoms with Crippen LogP contribution in [0.3, 0.4) is 0 Å². The van der Waals surface area contributed by atoms with Crippen LogP contribution < -0.4 is 14.4 Å². The lowest BCUT2D eigenvalue weighted by molar-refractivity contribution is -0.141. The van der Waals surface area contributed by atoms with Crippen molar-refractivity contribution in [2.24, 2.45) is 0 Å². The lowest BCUT2D eigenvalue weighted by Crippen LogP contribution is -2.52. The van der Waals surface area contributed by atoms with Crippen molar-refractivity contribution < 1.29 is 22.7 Å². The smallest absolute Gasteiger partial charge is 0.243 e. The van der Waals surface area contributed by atoms with Crippen LogP contribution in [-0.2, 0) is 32.6 Å². The standard InChI is InChI=1S/C32H38Cl3N3O5S/c1-5-22(2)36-32(40)29(18-23-10-7-6-8-11-23)37(21-24-13-14-25(33)19-27(24)34)31(39)12-9-17-38(44(4,41)42)26-15-16-30(43-3)28(35)20-26/h6-8,10-11,13-16,19-20,22,29H,5,9,12,17-18,21H2,1-4H3,(H,36,40). The zero-order valence-electron chi connectivity index (χ0n) is 25.2. The van der Waals surface area contributed by atoms with E-state index in [0.717, 1.165) is 18.2 Å². The van der Waals surface area contributed by atoms with Crippen molar-refractivity contribution in [2.45, 2.75) is 58.2 Å². The SMILES string of the molecule is CCC(C)NC(=O)C(Cc1ccccc1)N(Cc1ccc(Cl)cc1Cl)C(=O)CCCN(c1ccc(OC)c(Cl)c1)S(C)(=O)=O. The maximum Gasteiger partial charge on any atom is 0.243 e. The van der Waals surface area contributed by atoms with E-state index in [9.17, 15) is 18.0 Å². The molecule has 3 rings (SSSR count). The number of halogens is 3. The van der Waals surface area contributed by atoms with Gasteiger partial charge in [0.1, 0.15) is 11.8 Å². The second kappa shape index (κ2) is 16.4. The lowest BCUT2D eigenvalue weighted by atomic mass is 10.0. The highest BCUT2D eigenvalue weighted by atomic mass is 35.5. The minimum atomic E-state index is -3.70. The molecule has 3 aromatic carbocycles. The molecule has 0 aromatic heterocycles. The second-order valence-electron chi connectivity index (χ2n) is 10.5. The van der Waals surface area contributed by atoms with Crippen molar-refractivity contribution in [1.82, 2.24) is 10.2 Å². The molecule has 0 spiro atoms. The van der Waals surface area contributed by atoms with E-state index in [1.165, 1.54) is 22.4 Å². The molecule has 2 unspecified atom stereocenters. The van der Waals surface area contributed by atoms with Crippen LogP contribution in [0.25, 0.3) is 0 Å². The van der Waals surface area contributed by atoms with Crippen LogP contribution in [0.2, 0.25) is 15.1 Å². The van der Waals surface area contributed by atoms with Crippen LogP contribution in [-0.4, -0.2) is 57.1 Å². The first kappa shape index (κ1) is 35.5. The van der Waals surface area contributed by atoms with Gasteiger partial charge in [0.15, 0.2) is 0 Å². The molecule has 2 amide bonds. The van der Waals surface area contributed by atoms with E-state index in [4.69, 9.17) is 39.5 Å². The minimum Gasteiger partial charge on any atom is -0.495 e. The van der Waals surface area contributed by atoms with Crippen molar-refractivity contribution in [3.8, 4) is 5.75 Å². The number of hydrogen-bond acceptors (Lipinski definition) is 5. The van der Waals surface area contributed by atoms with Crippen LogP contribution in [0.15, 0.2) is 66.7 Å². The molecule has 0 radical (unpaired) electrons. The summed E-state index contributed by atoms with van der Waals surface area (Å²) in [6.07, 6.45) is 2.25. The van der Waals surface area contributed by atoms with Gasteiger partial charge in [-0.15, -0.1) is 0 Å². The van der Waals surface area contributed by atoms with Crippen molar-refractivity contribution in [3.05, 3.63) is 92.9 Å². The van der Waals surface area contributed by atoms with Gasteiger partial charge in [0.2, 0.25) is 21.8 Å². The molecule has 0 fully saturated rings. The molecule has 12 heteroatoms. The molecule has 0 aliphatic rings. The van der Waals surface area contributed by atoms with Gasteiger partial charge in [0.05, 0.1) is 24.1 Å². The Morgan fingerprint density at radius 1 is 0.977 bits per heavy atom. The number of nitrogens with zero attached hydrogens (tertiary/aromatic N) is 2. The molecule has 0 heterocycles. The molecule has 8 nitrogen and oxygen atoms in total. The molecule has 1 N–H and O–H groups in total. The summed E-state index contributed by atoms with van der Waals surface area (Å²) in [5.41, 5.74) is 1.87. The number of methoxy groups -OCH3 is 1. The minimum absolute atomic E-state index is 0.0190. The van der Waals surface area contributed by atoms with Gasteiger partial charge in [0, 0.05) is 42.0 Å². The van der Waals surface area contributed by atoms with Crippen LogP contribution >= 0.6 is 34.8 Å².